The fourth-order valence-corrected chi connectivity index (χ4v) is 2.31. The fraction of sp³-hybridized carbons (Fsp3) is 1.00. The Balaban J connectivity index is 3.83. The smallest absolute Gasteiger partial charge is 0.0543 e. The van der Waals surface area contributed by atoms with Crippen molar-refractivity contribution in [2.75, 3.05) is 0 Å². The van der Waals surface area contributed by atoms with Crippen molar-refractivity contribution in [3.05, 3.63) is 0 Å². The maximum Gasteiger partial charge on any atom is 0.0543 e. The maximum atomic E-state index is 9.98. The summed E-state index contributed by atoms with van der Waals surface area (Å²) < 4.78 is 0. The van der Waals surface area contributed by atoms with Gasteiger partial charge in [0.15, 0.2) is 0 Å². The van der Waals surface area contributed by atoms with Gasteiger partial charge in [-0.1, -0.05) is 48.5 Å². The van der Waals surface area contributed by atoms with Crippen molar-refractivity contribution in [1.82, 2.24) is 0 Å². The number of aliphatic hydroxyl groups is 1. The molecule has 0 bridgehead atoms. The van der Waals surface area contributed by atoms with Gasteiger partial charge in [-0.25, -0.2) is 0 Å². The average Bonchev–Trinajstić information content (AvgIpc) is 1.95. The minimum absolute atomic E-state index is 0.114. The second kappa shape index (κ2) is 6.05. The molecule has 16 heavy (non-hydrogen) atoms. The molecule has 0 saturated carbocycles. The topological polar surface area (TPSA) is 20.2 Å². The Morgan fingerprint density at radius 1 is 0.938 bits per heavy atom. The SMILES string of the molecule is CC(CC(O)CCC(C)(C)C)CC(C)(C)C. The summed E-state index contributed by atoms with van der Waals surface area (Å²) in [7, 11) is 0. The van der Waals surface area contributed by atoms with E-state index < -0.39 is 0 Å². The molecule has 0 amide bonds. The van der Waals surface area contributed by atoms with Crippen molar-refractivity contribution in [2.45, 2.75) is 80.3 Å². The molecule has 0 aromatic rings. The Morgan fingerprint density at radius 3 is 1.81 bits per heavy atom. The molecular formula is C15H32O. The van der Waals surface area contributed by atoms with Crippen LogP contribution in [0.2, 0.25) is 0 Å². The quantitative estimate of drug-likeness (QED) is 0.727. The standard InChI is InChI=1S/C15H32O/c1-12(11-15(5,6)7)10-13(16)8-9-14(2,3)4/h12-13,16H,8-11H2,1-7H3. The van der Waals surface area contributed by atoms with Crippen molar-refractivity contribution < 1.29 is 5.11 Å². The third-order valence-corrected chi connectivity index (χ3v) is 2.86. The minimum atomic E-state index is -0.114. The third kappa shape index (κ3) is 10.5. The van der Waals surface area contributed by atoms with Crippen LogP contribution in [0.5, 0.6) is 0 Å². The summed E-state index contributed by atoms with van der Waals surface area (Å²) in [6.07, 6.45) is 4.08. The van der Waals surface area contributed by atoms with Crippen LogP contribution in [0, 0.1) is 16.7 Å². The van der Waals surface area contributed by atoms with E-state index in [-0.39, 0.29) is 6.10 Å². The Bertz CT molecular complexity index is 183. The van der Waals surface area contributed by atoms with Gasteiger partial charge in [-0.15, -0.1) is 0 Å². The molecule has 0 radical (unpaired) electrons. The Labute approximate surface area is 103 Å². The van der Waals surface area contributed by atoms with Crippen molar-refractivity contribution in [1.29, 1.82) is 0 Å². The highest BCUT2D eigenvalue weighted by Gasteiger charge is 2.19. The van der Waals surface area contributed by atoms with Crippen molar-refractivity contribution >= 4 is 0 Å². The zero-order chi connectivity index (χ0) is 13.0. The van der Waals surface area contributed by atoms with Gasteiger partial charge in [0.2, 0.25) is 0 Å². The molecule has 0 heterocycles. The van der Waals surface area contributed by atoms with Crippen LogP contribution in [0.4, 0.5) is 0 Å². The van der Waals surface area contributed by atoms with Crippen LogP contribution in [-0.4, -0.2) is 11.2 Å². The summed E-state index contributed by atoms with van der Waals surface area (Å²) in [6, 6.07) is 0. The molecule has 2 atom stereocenters. The van der Waals surface area contributed by atoms with Gasteiger partial charge in [-0.05, 0) is 42.4 Å². The van der Waals surface area contributed by atoms with Crippen molar-refractivity contribution in [3.8, 4) is 0 Å². The molecule has 2 unspecified atom stereocenters. The van der Waals surface area contributed by atoms with Crippen LogP contribution >= 0.6 is 0 Å². The lowest BCUT2D eigenvalue weighted by Crippen LogP contribution is -2.19. The highest BCUT2D eigenvalue weighted by Crippen LogP contribution is 2.28. The van der Waals surface area contributed by atoms with Gasteiger partial charge in [0.1, 0.15) is 0 Å². The van der Waals surface area contributed by atoms with Crippen LogP contribution < -0.4 is 0 Å². The van der Waals surface area contributed by atoms with Gasteiger partial charge in [-0.3, -0.25) is 0 Å². The lowest BCUT2D eigenvalue weighted by molar-refractivity contribution is 0.111. The Kier molecular flexibility index (Phi) is 6.03. The van der Waals surface area contributed by atoms with Gasteiger partial charge in [0.25, 0.3) is 0 Å². The largest absolute Gasteiger partial charge is 0.393 e. The minimum Gasteiger partial charge on any atom is -0.393 e. The molecule has 0 fully saturated rings. The van der Waals surface area contributed by atoms with Crippen LogP contribution in [0.1, 0.15) is 74.1 Å². The van der Waals surface area contributed by atoms with Crippen LogP contribution in [0.3, 0.4) is 0 Å². The Hall–Kier alpha value is -0.0400. The molecule has 0 aliphatic carbocycles. The first-order valence-electron chi connectivity index (χ1n) is 6.68. The molecule has 0 spiro atoms. The molecule has 0 aromatic carbocycles. The lowest BCUT2D eigenvalue weighted by Gasteiger charge is -2.26. The van der Waals surface area contributed by atoms with E-state index in [4.69, 9.17) is 0 Å². The zero-order valence-electron chi connectivity index (χ0n) is 12.4. The second-order valence-corrected chi connectivity index (χ2v) is 7.86. The molecule has 1 N–H and O–H groups in total. The van der Waals surface area contributed by atoms with Gasteiger partial charge in [0, 0.05) is 0 Å². The molecule has 0 rings (SSSR count). The molecular weight excluding hydrogens is 196 g/mol. The fourth-order valence-electron chi connectivity index (χ4n) is 2.31. The van der Waals surface area contributed by atoms with E-state index in [9.17, 15) is 5.11 Å². The number of aliphatic hydroxyl groups excluding tert-OH is 1. The first-order chi connectivity index (χ1) is 6.99. The number of hydrogen-bond acceptors (Lipinski definition) is 1. The Morgan fingerprint density at radius 2 is 1.44 bits per heavy atom. The van der Waals surface area contributed by atoms with E-state index in [1.54, 1.807) is 0 Å². The number of rotatable bonds is 5. The molecule has 0 saturated heterocycles. The average molecular weight is 228 g/mol. The van der Waals surface area contributed by atoms with Crippen molar-refractivity contribution in [3.63, 3.8) is 0 Å². The summed E-state index contributed by atoms with van der Waals surface area (Å²) in [6.45, 7) is 15.8. The van der Waals surface area contributed by atoms with Crippen LogP contribution in [0.25, 0.3) is 0 Å². The second-order valence-electron chi connectivity index (χ2n) is 7.86. The first kappa shape index (κ1) is 16.0. The summed E-state index contributed by atoms with van der Waals surface area (Å²) in [5.41, 5.74) is 0.720. The van der Waals surface area contributed by atoms with Gasteiger partial charge < -0.3 is 5.11 Å². The van der Waals surface area contributed by atoms with Crippen molar-refractivity contribution in [2.24, 2.45) is 16.7 Å². The molecule has 0 aromatic heterocycles. The highest BCUT2D eigenvalue weighted by molar-refractivity contribution is 4.71. The maximum absolute atomic E-state index is 9.98. The van der Waals surface area contributed by atoms with E-state index in [0.29, 0.717) is 16.7 Å². The first-order valence-corrected chi connectivity index (χ1v) is 6.68. The molecule has 0 aliphatic rings. The van der Waals surface area contributed by atoms with Crippen LogP contribution in [0.15, 0.2) is 0 Å². The van der Waals surface area contributed by atoms with Gasteiger partial charge in [-0.2, -0.15) is 0 Å². The highest BCUT2D eigenvalue weighted by atomic mass is 16.3. The molecule has 98 valence electrons. The van der Waals surface area contributed by atoms with Gasteiger partial charge in [0.05, 0.1) is 6.10 Å². The van der Waals surface area contributed by atoms with E-state index in [0.717, 1.165) is 19.3 Å². The van der Waals surface area contributed by atoms with E-state index in [2.05, 4.69) is 48.5 Å². The third-order valence-electron chi connectivity index (χ3n) is 2.86. The van der Waals surface area contributed by atoms with Crippen LogP contribution in [-0.2, 0) is 0 Å². The summed E-state index contributed by atoms with van der Waals surface area (Å²) in [5, 5.41) is 9.98. The lowest BCUT2D eigenvalue weighted by atomic mass is 9.82. The normalized spacial score (nSPS) is 17.2. The summed E-state index contributed by atoms with van der Waals surface area (Å²) in [4.78, 5) is 0. The predicted molar refractivity (Wildman–Crippen MR) is 72.5 cm³/mol. The molecule has 0 aliphatic heterocycles. The predicted octanol–water partition coefficient (Wildman–Crippen LogP) is 4.64. The van der Waals surface area contributed by atoms with Gasteiger partial charge >= 0.3 is 0 Å². The van der Waals surface area contributed by atoms with E-state index >= 15 is 0 Å². The molecule has 1 heteroatoms. The van der Waals surface area contributed by atoms with E-state index in [1.165, 1.54) is 6.42 Å². The monoisotopic (exact) mass is 228 g/mol. The summed E-state index contributed by atoms with van der Waals surface area (Å²) >= 11 is 0. The number of hydrogen-bond donors (Lipinski definition) is 1. The molecule has 1 nitrogen and oxygen atoms in total. The zero-order valence-corrected chi connectivity index (χ0v) is 12.4. The summed E-state index contributed by atoms with van der Waals surface area (Å²) in [5.74, 6) is 0.620. The van der Waals surface area contributed by atoms with E-state index in [1.807, 2.05) is 0 Å².